The minimum absolute atomic E-state index is 0.136. The molecule has 0 amide bonds. The summed E-state index contributed by atoms with van der Waals surface area (Å²) in [6.45, 7) is 0.282. The third-order valence-corrected chi connectivity index (χ3v) is 3.57. The number of carbonyl (C=O) groups excluding carboxylic acids is 1. The summed E-state index contributed by atoms with van der Waals surface area (Å²) in [7, 11) is 1.72. The van der Waals surface area contributed by atoms with Crippen molar-refractivity contribution < 1.29 is 13.9 Å². The van der Waals surface area contributed by atoms with Gasteiger partial charge in [0.2, 0.25) is 5.78 Å². The summed E-state index contributed by atoms with van der Waals surface area (Å²) in [6, 6.07) is 12.4. The highest BCUT2D eigenvalue weighted by atomic mass is 35.5. The number of furan rings is 1. The van der Waals surface area contributed by atoms with Gasteiger partial charge in [-0.25, -0.2) is 0 Å². The highest BCUT2D eigenvalue weighted by Gasteiger charge is 2.07. The lowest BCUT2D eigenvalue weighted by Gasteiger charge is -2.03. The number of aryl methyl sites for hydroxylation is 1. The first-order valence-electron chi connectivity index (χ1n) is 7.29. The molecule has 0 aliphatic heterocycles. The van der Waals surface area contributed by atoms with Crippen molar-refractivity contribution in [2.24, 2.45) is 7.05 Å². The molecule has 0 aliphatic carbocycles. The van der Waals surface area contributed by atoms with E-state index in [0.717, 1.165) is 0 Å². The fraction of sp³-hybridized carbons (Fsp3) is 0.111. The van der Waals surface area contributed by atoms with E-state index in [1.54, 1.807) is 49.7 Å². The maximum atomic E-state index is 12.0. The van der Waals surface area contributed by atoms with Gasteiger partial charge in [-0.15, -0.1) is 0 Å². The molecule has 0 saturated carbocycles. The Balaban J connectivity index is 1.60. The summed E-state index contributed by atoms with van der Waals surface area (Å²) in [5.41, 5.74) is 0.516. The lowest BCUT2D eigenvalue weighted by Crippen LogP contribution is -2.03. The molecule has 0 aliphatic rings. The number of ketones is 1. The zero-order valence-corrected chi connectivity index (χ0v) is 13.7. The first kappa shape index (κ1) is 16.1. The first-order valence-corrected chi connectivity index (χ1v) is 7.67. The standard InChI is InChI=1S/C18H15ClN2O3/c1-21-17(9-10-20-21)18(22)8-7-14-5-6-16(24-14)12-23-15-4-2-3-13(19)11-15/h2-11H,12H2,1H3. The minimum atomic E-state index is -0.136. The quantitative estimate of drug-likeness (QED) is 0.499. The monoisotopic (exact) mass is 342 g/mol. The second-order valence-corrected chi connectivity index (χ2v) is 5.52. The van der Waals surface area contributed by atoms with Gasteiger partial charge in [-0.1, -0.05) is 17.7 Å². The molecule has 0 unspecified atom stereocenters. The van der Waals surface area contributed by atoms with Gasteiger partial charge in [-0.05, 0) is 48.6 Å². The van der Waals surface area contributed by atoms with E-state index in [9.17, 15) is 4.79 Å². The van der Waals surface area contributed by atoms with Crippen molar-refractivity contribution in [2.75, 3.05) is 0 Å². The summed E-state index contributed by atoms with van der Waals surface area (Å²) in [6.07, 6.45) is 4.66. The Labute approximate surface area is 144 Å². The van der Waals surface area contributed by atoms with Gasteiger partial charge >= 0.3 is 0 Å². The van der Waals surface area contributed by atoms with Crippen molar-refractivity contribution in [1.29, 1.82) is 0 Å². The van der Waals surface area contributed by atoms with Crippen LogP contribution in [0.1, 0.15) is 22.0 Å². The van der Waals surface area contributed by atoms with Gasteiger partial charge in [-0.3, -0.25) is 9.48 Å². The van der Waals surface area contributed by atoms with E-state index in [0.29, 0.717) is 28.0 Å². The van der Waals surface area contributed by atoms with Gasteiger partial charge in [0.05, 0.1) is 0 Å². The Hall–Kier alpha value is -2.79. The largest absolute Gasteiger partial charge is 0.486 e. The van der Waals surface area contributed by atoms with Gasteiger partial charge in [0, 0.05) is 18.3 Å². The van der Waals surface area contributed by atoms with Gasteiger partial charge in [0.25, 0.3) is 0 Å². The van der Waals surface area contributed by atoms with Crippen molar-refractivity contribution in [3.8, 4) is 5.75 Å². The third-order valence-electron chi connectivity index (χ3n) is 3.33. The number of rotatable bonds is 6. The summed E-state index contributed by atoms with van der Waals surface area (Å²) >= 11 is 5.90. The van der Waals surface area contributed by atoms with E-state index in [-0.39, 0.29) is 12.4 Å². The fourth-order valence-corrected chi connectivity index (χ4v) is 2.31. The lowest BCUT2D eigenvalue weighted by atomic mass is 10.2. The Morgan fingerprint density at radius 1 is 1.33 bits per heavy atom. The maximum absolute atomic E-state index is 12.0. The second-order valence-electron chi connectivity index (χ2n) is 5.09. The van der Waals surface area contributed by atoms with Crippen molar-refractivity contribution in [3.63, 3.8) is 0 Å². The van der Waals surface area contributed by atoms with Gasteiger partial charge < -0.3 is 9.15 Å². The second kappa shape index (κ2) is 7.19. The zero-order valence-electron chi connectivity index (χ0n) is 13.0. The lowest BCUT2D eigenvalue weighted by molar-refractivity contribution is 0.103. The number of halogens is 1. The molecule has 0 saturated heterocycles. The van der Waals surface area contributed by atoms with Gasteiger partial charge in [0.1, 0.15) is 29.6 Å². The molecule has 0 atom stereocenters. The Bertz CT molecular complexity index is 880. The van der Waals surface area contributed by atoms with Gasteiger partial charge in [-0.2, -0.15) is 5.10 Å². The zero-order chi connectivity index (χ0) is 16.9. The molecule has 3 rings (SSSR count). The van der Waals surface area contributed by atoms with E-state index < -0.39 is 0 Å². The Morgan fingerprint density at radius 2 is 2.21 bits per heavy atom. The molecule has 0 bridgehead atoms. The number of hydrogen-bond acceptors (Lipinski definition) is 4. The maximum Gasteiger partial charge on any atom is 0.203 e. The molecule has 2 aromatic heterocycles. The van der Waals surface area contributed by atoms with E-state index in [4.69, 9.17) is 20.8 Å². The predicted molar refractivity (Wildman–Crippen MR) is 91.1 cm³/mol. The van der Waals surface area contributed by atoms with Crippen LogP contribution in [0, 0.1) is 0 Å². The van der Waals surface area contributed by atoms with Crippen molar-refractivity contribution >= 4 is 23.5 Å². The Morgan fingerprint density at radius 3 is 2.96 bits per heavy atom. The topological polar surface area (TPSA) is 57.3 Å². The number of ether oxygens (including phenoxy) is 1. The van der Waals surface area contributed by atoms with Crippen LogP contribution in [0.2, 0.25) is 5.02 Å². The normalized spacial score (nSPS) is 11.1. The van der Waals surface area contributed by atoms with Crippen LogP contribution in [0.5, 0.6) is 5.75 Å². The summed E-state index contributed by atoms with van der Waals surface area (Å²) in [5, 5.41) is 4.58. The predicted octanol–water partition coefficient (Wildman–Crippen LogP) is 4.14. The molecular weight excluding hydrogens is 328 g/mol. The number of nitrogens with zero attached hydrogens (tertiary/aromatic N) is 2. The fourth-order valence-electron chi connectivity index (χ4n) is 2.13. The number of allylic oxidation sites excluding steroid dienone is 1. The molecule has 0 radical (unpaired) electrons. The first-order chi connectivity index (χ1) is 11.6. The molecule has 0 spiro atoms. The Kier molecular flexibility index (Phi) is 4.82. The van der Waals surface area contributed by atoms with E-state index in [1.807, 2.05) is 12.1 Å². The summed E-state index contributed by atoms with van der Waals surface area (Å²) in [5.74, 6) is 1.77. The van der Waals surface area contributed by atoms with E-state index >= 15 is 0 Å². The van der Waals surface area contributed by atoms with Crippen LogP contribution in [0.4, 0.5) is 0 Å². The number of carbonyl (C=O) groups is 1. The molecule has 6 heteroatoms. The summed E-state index contributed by atoms with van der Waals surface area (Å²) < 4.78 is 12.7. The molecule has 0 fully saturated rings. The van der Waals surface area contributed by atoms with Crippen LogP contribution in [0.15, 0.2) is 59.2 Å². The number of hydrogen-bond donors (Lipinski definition) is 0. The van der Waals surface area contributed by atoms with Crippen LogP contribution in [0.25, 0.3) is 6.08 Å². The van der Waals surface area contributed by atoms with Crippen LogP contribution in [-0.2, 0) is 13.7 Å². The minimum Gasteiger partial charge on any atom is -0.486 e. The molecule has 122 valence electrons. The molecular formula is C18H15ClN2O3. The molecule has 24 heavy (non-hydrogen) atoms. The average Bonchev–Trinajstić information content (AvgIpc) is 3.19. The van der Waals surface area contributed by atoms with Crippen molar-refractivity contribution in [3.05, 3.63) is 77.0 Å². The van der Waals surface area contributed by atoms with Crippen LogP contribution in [0.3, 0.4) is 0 Å². The molecule has 3 aromatic rings. The van der Waals surface area contributed by atoms with Gasteiger partial charge in [0.15, 0.2) is 0 Å². The average molecular weight is 343 g/mol. The highest BCUT2D eigenvalue weighted by molar-refractivity contribution is 6.30. The van der Waals surface area contributed by atoms with E-state index in [2.05, 4.69) is 5.10 Å². The van der Waals surface area contributed by atoms with Crippen molar-refractivity contribution in [2.45, 2.75) is 6.61 Å². The molecule has 0 N–H and O–H groups in total. The number of benzene rings is 1. The molecule has 5 nitrogen and oxygen atoms in total. The van der Waals surface area contributed by atoms with Crippen molar-refractivity contribution in [1.82, 2.24) is 9.78 Å². The van der Waals surface area contributed by atoms with Crippen LogP contribution in [-0.4, -0.2) is 15.6 Å². The third kappa shape index (κ3) is 3.94. The SMILES string of the molecule is Cn1nccc1C(=O)C=Cc1ccc(COc2cccc(Cl)c2)o1. The highest BCUT2D eigenvalue weighted by Crippen LogP contribution is 2.19. The number of aromatic nitrogens is 2. The van der Waals surface area contributed by atoms with Crippen LogP contribution < -0.4 is 4.74 Å². The van der Waals surface area contributed by atoms with Crippen LogP contribution >= 0.6 is 11.6 Å². The molecule has 2 heterocycles. The molecule has 1 aromatic carbocycles. The summed E-state index contributed by atoms with van der Waals surface area (Å²) in [4.78, 5) is 12.0. The van der Waals surface area contributed by atoms with E-state index in [1.165, 1.54) is 10.8 Å². The smallest absolute Gasteiger partial charge is 0.203 e.